The highest BCUT2D eigenvalue weighted by atomic mass is 35.5. The molecule has 38 heavy (non-hydrogen) atoms. The fourth-order valence-electron chi connectivity index (χ4n) is 4.51. The number of Topliss-reactive ketones (excluding diaryl/α,β-unsaturated/α-hetero) is 1. The maximum atomic E-state index is 13.6. The second-order valence-electron chi connectivity index (χ2n) is 8.54. The molecule has 1 N–H and O–H groups in total. The van der Waals surface area contributed by atoms with Crippen LogP contribution >= 0.6 is 11.6 Å². The average molecular weight is 538 g/mol. The summed E-state index contributed by atoms with van der Waals surface area (Å²) >= 11 is 6.35. The van der Waals surface area contributed by atoms with Gasteiger partial charge in [-0.3, -0.25) is 14.5 Å². The number of hydrogen-bond acceptors (Lipinski definition) is 7. The number of halogens is 1. The number of anilines is 1. The van der Waals surface area contributed by atoms with Crippen LogP contribution in [0.4, 0.5) is 5.69 Å². The van der Waals surface area contributed by atoms with E-state index in [1.807, 2.05) is 19.9 Å². The Balaban J connectivity index is 2.01. The van der Waals surface area contributed by atoms with Gasteiger partial charge in [0.05, 0.1) is 50.1 Å². The van der Waals surface area contributed by atoms with Gasteiger partial charge in [0.1, 0.15) is 17.3 Å². The van der Waals surface area contributed by atoms with Crippen molar-refractivity contribution in [3.63, 3.8) is 0 Å². The molecular weight excluding hydrogens is 510 g/mol. The van der Waals surface area contributed by atoms with E-state index in [1.165, 1.54) is 38.4 Å². The molecule has 1 aliphatic rings. The Morgan fingerprint density at radius 3 is 2.26 bits per heavy atom. The lowest BCUT2D eigenvalue weighted by Gasteiger charge is -2.26. The summed E-state index contributed by atoms with van der Waals surface area (Å²) in [4.78, 5) is 28.4. The molecule has 1 heterocycles. The molecule has 3 aromatic carbocycles. The van der Waals surface area contributed by atoms with Crippen molar-refractivity contribution in [3.05, 3.63) is 81.9 Å². The lowest BCUT2D eigenvalue weighted by molar-refractivity contribution is -0.132. The summed E-state index contributed by atoms with van der Waals surface area (Å²) in [6.45, 7) is 4.10. The fourth-order valence-corrected chi connectivity index (χ4v) is 4.75. The molecule has 1 aliphatic heterocycles. The Kier molecular flexibility index (Phi) is 7.83. The summed E-state index contributed by atoms with van der Waals surface area (Å²) in [5.41, 5.74) is 1.96. The summed E-state index contributed by atoms with van der Waals surface area (Å²) in [6, 6.07) is 14.3. The second-order valence-corrected chi connectivity index (χ2v) is 8.95. The molecule has 0 saturated carbocycles. The van der Waals surface area contributed by atoms with Crippen LogP contribution < -0.4 is 23.8 Å². The second kappa shape index (κ2) is 11.1. The largest absolute Gasteiger partial charge is 0.507 e. The molecule has 9 heteroatoms. The average Bonchev–Trinajstić information content (AvgIpc) is 3.18. The summed E-state index contributed by atoms with van der Waals surface area (Å²) in [7, 11) is 4.39. The van der Waals surface area contributed by atoms with Crippen LogP contribution in [-0.4, -0.2) is 44.7 Å². The lowest BCUT2D eigenvalue weighted by Crippen LogP contribution is -2.29. The maximum Gasteiger partial charge on any atom is 0.300 e. The molecule has 0 bridgehead atoms. The van der Waals surface area contributed by atoms with E-state index < -0.39 is 23.5 Å². The van der Waals surface area contributed by atoms with Crippen LogP contribution in [0, 0.1) is 6.92 Å². The molecule has 0 spiro atoms. The van der Waals surface area contributed by atoms with Crippen LogP contribution in [0.1, 0.15) is 29.7 Å². The first-order valence-electron chi connectivity index (χ1n) is 11.9. The zero-order valence-electron chi connectivity index (χ0n) is 21.7. The first-order chi connectivity index (χ1) is 18.2. The van der Waals surface area contributed by atoms with Crippen LogP contribution in [0.3, 0.4) is 0 Å². The summed E-state index contributed by atoms with van der Waals surface area (Å²) in [5, 5.41) is 11.8. The minimum Gasteiger partial charge on any atom is -0.507 e. The number of aryl methyl sites for hydroxylation is 1. The number of carbonyl (C=O) groups excluding carboxylic acids is 2. The Morgan fingerprint density at radius 1 is 0.921 bits per heavy atom. The minimum absolute atomic E-state index is 0.122. The smallest absolute Gasteiger partial charge is 0.300 e. The third kappa shape index (κ3) is 4.75. The topological polar surface area (TPSA) is 94.5 Å². The van der Waals surface area contributed by atoms with Crippen LogP contribution in [0.15, 0.2) is 60.2 Å². The number of amides is 1. The first kappa shape index (κ1) is 26.9. The third-order valence-corrected chi connectivity index (χ3v) is 6.55. The van der Waals surface area contributed by atoms with Crippen molar-refractivity contribution in [3.8, 4) is 23.0 Å². The lowest BCUT2D eigenvalue weighted by atomic mass is 9.94. The highest BCUT2D eigenvalue weighted by Gasteiger charge is 2.47. The summed E-state index contributed by atoms with van der Waals surface area (Å²) in [5.74, 6) is -0.591. The van der Waals surface area contributed by atoms with Crippen LogP contribution in [0.5, 0.6) is 23.0 Å². The Bertz CT molecular complexity index is 1430. The van der Waals surface area contributed by atoms with Gasteiger partial charge in [-0.1, -0.05) is 29.8 Å². The van der Waals surface area contributed by atoms with Crippen molar-refractivity contribution in [2.45, 2.75) is 19.9 Å². The van der Waals surface area contributed by atoms with Gasteiger partial charge in [0.2, 0.25) is 0 Å². The van der Waals surface area contributed by atoms with E-state index in [0.29, 0.717) is 35.1 Å². The Hall–Kier alpha value is -4.17. The molecule has 8 nitrogen and oxygen atoms in total. The molecule has 198 valence electrons. The van der Waals surface area contributed by atoms with Crippen LogP contribution in [-0.2, 0) is 9.59 Å². The van der Waals surface area contributed by atoms with E-state index in [4.69, 9.17) is 30.5 Å². The summed E-state index contributed by atoms with van der Waals surface area (Å²) in [6.07, 6.45) is 0. The maximum absolute atomic E-state index is 13.6. The van der Waals surface area contributed by atoms with Gasteiger partial charge in [-0.15, -0.1) is 0 Å². The van der Waals surface area contributed by atoms with Crippen molar-refractivity contribution in [2.24, 2.45) is 0 Å². The van der Waals surface area contributed by atoms with E-state index in [1.54, 1.807) is 36.4 Å². The van der Waals surface area contributed by atoms with Gasteiger partial charge in [0, 0.05) is 11.8 Å². The van der Waals surface area contributed by atoms with Crippen molar-refractivity contribution in [1.82, 2.24) is 0 Å². The number of carbonyl (C=O) groups is 2. The first-order valence-corrected chi connectivity index (χ1v) is 12.2. The molecule has 3 aromatic rings. The molecule has 4 rings (SSSR count). The Morgan fingerprint density at radius 2 is 1.63 bits per heavy atom. The van der Waals surface area contributed by atoms with Crippen molar-refractivity contribution in [2.75, 3.05) is 32.8 Å². The number of hydrogen-bond donors (Lipinski definition) is 1. The zero-order chi connectivity index (χ0) is 27.6. The monoisotopic (exact) mass is 537 g/mol. The molecule has 1 unspecified atom stereocenters. The molecule has 0 radical (unpaired) electrons. The minimum atomic E-state index is -0.979. The quantitative estimate of drug-likeness (QED) is 0.224. The molecule has 0 aliphatic carbocycles. The number of aliphatic hydroxyl groups is 1. The number of ether oxygens (including phenoxy) is 4. The normalized spacial score (nSPS) is 16.5. The standard InChI is InChI=1S/C29H28ClNO7/c1-6-38-24-13-17(10-11-21(24)35-3)26-25(27(32)19-14-20(30)23(37-5)15-22(19)36-4)28(33)29(34)31(26)18-9-7-8-16(2)12-18/h7-15,26,32H,6H2,1-5H3/b27-25+. The van der Waals surface area contributed by atoms with E-state index >= 15 is 0 Å². The van der Waals surface area contributed by atoms with Crippen LogP contribution in [0.2, 0.25) is 5.02 Å². The van der Waals surface area contributed by atoms with Gasteiger partial charge in [-0.05, 0) is 55.3 Å². The number of rotatable bonds is 8. The molecule has 1 saturated heterocycles. The van der Waals surface area contributed by atoms with E-state index in [9.17, 15) is 14.7 Å². The Labute approximate surface area is 225 Å². The highest BCUT2D eigenvalue weighted by molar-refractivity contribution is 6.51. The zero-order valence-corrected chi connectivity index (χ0v) is 22.5. The molecule has 0 aromatic heterocycles. The fraction of sp³-hybridized carbons (Fsp3) is 0.241. The molecule has 1 atom stereocenters. The third-order valence-electron chi connectivity index (χ3n) is 6.26. The van der Waals surface area contributed by atoms with Crippen molar-refractivity contribution in [1.29, 1.82) is 0 Å². The van der Waals surface area contributed by atoms with Gasteiger partial charge in [-0.2, -0.15) is 0 Å². The van der Waals surface area contributed by atoms with Gasteiger partial charge >= 0.3 is 0 Å². The van der Waals surface area contributed by atoms with Gasteiger partial charge in [-0.25, -0.2) is 0 Å². The van der Waals surface area contributed by atoms with Gasteiger partial charge in [0.15, 0.2) is 11.5 Å². The summed E-state index contributed by atoms with van der Waals surface area (Å²) < 4.78 is 21.9. The van der Waals surface area contributed by atoms with Crippen molar-refractivity contribution >= 4 is 34.7 Å². The van der Waals surface area contributed by atoms with Crippen molar-refractivity contribution < 1.29 is 33.6 Å². The van der Waals surface area contributed by atoms with Gasteiger partial charge < -0.3 is 24.1 Å². The molecule has 1 amide bonds. The molecular formula is C29H28ClNO7. The highest BCUT2D eigenvalue weighted by Crippen LogP contribution is 2.46. The molecule has 1 fully saturated rings. The van der Waals surface area contributed by atoms with Crippen LogP contribution in [0.25, 0.3) is 5.76 Å². The number of methoxy groups -OCH3 is 3. The predicted molar refractivity (Wildman–Crippen MR) is 145 cm³/mol. The van der Waals surface area contributed by atoms with Gasteiger partial charge in [0.25, 0.3) is 11.7 Å². The predicted octanol–water partition coefficient (Wildman–Crippen LogP) is 5.70. The number of ketones is 1. The number of aliphatic hydroxyl groups excluding tert-OH is 1. The van der Waals surface area contributed by atoms with E-state index in [2.05, 4.69) is 0 Å². The van der Waals surface area contributed by atoms with E-state index in [-0.39, 0.29) is 21.9 Å². The van der Waals surface area contributed by atoms with E-state index in [0.717, 1.165) is 5.56 Å². The number of nitrogens with zero attached hydrogens (tertiary/aromatic N) is 1. The SMILES string of the molecule is CCOc1cc(C2/C(=C(\O)c3cc(Cl)c(OC)cc3OC)C(=O)C(=O)N2c2cccc(C)c2)ccc1OC. The number of benzene rings is 3.